The molecule has 0 fully saturated rings. The van der Waals surface area contributed by atoms with Crippen molar-refractivity contribution in [3.05, 3.63) is 36.5 Å². The minimum absolute atomic E-state index is 0.735. The average molecular weight is 194 g/mol. The lowest BCUT2D eigenvalue weighted by Crippen LogP contribution is -1.89. The van der Waals surface area contributed by atoms with E-state index in [-0.39, 0.29) is 0 Å². The summed E-state index contributed by atoms with van der Waals surface area (Å²) in [7, 11) is 0. The van der Waals surface area contributed by atoms with Gasteiger partial charge in [0.1, 0.15) is 0 Å². The fourth-order valence-electron chi connectivity index (χ4n) is 0.993. The van der Waals surface area contributed by atoms with Crippen molar-refractivity contribution in [1.29, 1.82) is 0 Å². The number of hydrogen-bond acceptors (Lipinski definition) is 0. The van der Waals surface area contributed by atoms with Crippen LogP contribution < -0.4 is 0 Å². The molecule has 0 aliphatic rings. The Morgan fingerprint density at radius 2 is 1.71 bits per heavy atom. The van der Waals surface area contributed by atoms with E-state index in [4.69, 9.17) is 0 Å². The van der Waals surface area contributed by atoms with Crippen LogP contribution in [0.25, 0.3) is 0 Å². The van der Waals surface area contributed by atoms with Gasteiger partial charge in [-0.25, -0.2) is 0 Å². The van der Waals surface area contributed by atoms with Gasteiger partial charge in [-0.1, -0.05) is 64.2 Å². The third-order valence-corrected chi connectivity index (χ3v) is 2.11. The van der Waals surface area contributed by atoms with Gasteiger partial charge in [0.15, 0.2) is 0 Å². The molecule has 0 aromatic rings. The Balaban J connectivity index is 0. The Labute approximate surface area is 90.4 Å². The van der Waals surface area contributed by atoms with Crippen molar-refractivity contribution in [3.63, 3.8) is 0 Å². The fraction of sp³-hybridized carbons (Fsp3) is 0.571. The quantitative estimate of drug-likeness (QED) is 0.532. The Hall–Kier alpha value is -0.780. The van der Waals surface area contributed by atoms with E-state index in [1.54, 1.807) is 0 Å². The molecule has 0 heteroatoms. The molecule has 0 rings (SSSR count). The van der Waals surface area contributed by atoms with E-state index in [1.165, 1.54) is 18.4 Å². The van der Waals surface area contributed by atoms with E-state index >= 15 is 0 Å². The van der Waals surface area contributed by atoms with Gasteiger partial charge in [-0.3, -0.25) is 0 Å². The zero-order chi connectivity index (χ0) is 11.4. The SMILES string of the molecule is C=C/C(C)=C\C=C\C(CC)CC.CC. The molecule has 0 aliphatic carbocycles. The smallest absolute Gasteiger partial charge is 0.0236 e. The standard InChI is InChI=1S/C12H20.C2H6/c1-5-11(4)9-8-10-12(6-2)7-3;1-2/h5,8-10,12H,1,6-7H2,2-4H3;1-2H3/b10-8+,11-9-;. The van der Waals surface area contributed by atoms with Crippen LogP contribution >= 0.6 is 0 Å². The van der Waals surface area contributed by atoms with Crippen molar-refractivity contribution < 1.29 is 0 Å². The van der Waals surface area contributed by atoms with Crippen LogP contribution in [0, 0.1) is 5.92 Å². The molecule has 0 aliphatic heterocycles. The molecule has 14 heavy (non-hydrogen) atoms. The molecule has 0 aromatic carbocycles. The van der Waals surface area contributed by atoms with E-state index in [0.717, 1.165) is 5.92 Å². The zero-order valence-corrected chi connectivity index (χ0v) is 10.5. The van der Waals surface area contributed by atoms with Crippen LogP contribution in [0.4, 0.5) is 0 Å². The van der Waals surface area contributed by atoms with Crippen molar-refractivity contribution in [3.8, 4) is 0 Å². The summed E-state index contributed by atoms with van der Waals surface area (Å²) in [5.74, 6) is 0.735. The van der Waals surface area contributed by atoms with E-state index < -0.39 is 0 Å². The predicted octanol–water partition coefficient (Wildman–Crippen LogP) is 5.14. The fourth-order valence-corrected chi connectivity index (χ4v) is 0.993. The van der Waals surface area contributed by atoms with Crippen molar-refractivity contribution in [2.45, 2.75) is 47.5 Å². The summed E-state index contributed by atoms with van der Waals surface area (Å²) < 4.78 is 0. The number of rotatable bonds is 5. The molecular weight excluding hydrogens is 168 g/mol. The van der Waals surface area contributed by atoms with Gasteiger partial charge in [-0.05, 0) is 25.7 Å². The third kappa shape index (κ3) is 9.31. The summed E-state index contributed by atoms with van der Waals surface area (Å²) in [6.45, 7) is 14.2. The van der Waals surface area contributed by atoms with Gasteiger partial charge in [0.2, 0.25) is 0 Å². The highest BCUT2D eigenvalue weighted by molar-refractivity contribution is 5.19. The second-order valence-corrected chi connectivity index (χ2v) is 3.08. The maximum atomic E-state index is 3.70. The van der Waals surface area contributed by atoms with Crippen LogP contribution in [0.5, 0.6) is 0 Å². The molecule has 0 saturated heterocycles. The van der Waals surface area contributed by atoms with Crippen LogP contribution in [-0.4, -0.2) is 0 Å². The summed E-state index contributed by atoms with van der Waals surface area (Å²) in [5, 5.41) is 0. The van der Waals surface area contributed by atoms with Gasteiger partial charge in [0, 0.05) is 0 Å². The first-order valence-corrected chi connectivity index (χ1v) is 5.72. The van der Waals surface area contributed by atoms with Gasteiger partial charge in [-0.15, -0.1) is 0 Å². The second kappa shape index (κ2) is 12.2. The molecule has 0 aromatic heterocycles. The maximum Gasteiger partial charge on any atom is -0.0236 e. The lowest BCUT2D eigenvalue weighted by atomic mass is 10.0. The zero-order valence-electron chi connectivity index (χ0n) is 10.5. The van der Waals surface area contributed by atoms with E-state index in [2.05, 4.69) is 45.6 Å². The largest absolute Gasteiger partial charge is 0.0988 e. The molecule has 0 radical (unpaired) electrons. The summed E-state index contributed by atoms with van der Waals surface area (Å²) in [6.07, 6.45) is 10.8. The van der Waals surface area contributed by atoms with Gasteiger partial charge in [0.05, 0.1) is 0 Å². The predicted molar refractivity (Wildman–Crippen MR) is 68.5 cm³/mol. The van der Waals surface area contributed by atoms with Crippen molar-refractivity contribution in [2.75, 3.05) is 0 Å². The molecule has 0 nitrogen and oxygen atoms in total. The first-order valence-electron chi connectivity index (χ1n) is 5.72. The summed E-state index contributed by atoms with van der Waals surface area (Å²) in [5.41, 5.74) is 1.22. The van der Waals surface area contributed by atoms with Crippen LogP contribution in [0.3, 0.4) is 0 Å². The first kappa shape index (κ1) is 15.7. The summed E-state index contributed by atoms with van der Waals surface area (Å²) in [4.78, 5) is 0. The van der Waals surface area contributed by atoms with Crippen LogP contribution in [0.1, 0.15) is 47.5 Å². The lowest BCUT2D eigenvalue weighted by Gasteiger charge is -2.03. The van der Waals surface area contributed by atoms with E-state index in [1.807, 2.05) is 19.9 Å². The molecule has 0 saturated carbocycles. The first-order chi connectivity index (χ1) is 6.74. The highest BCUT2D eigenvalue weighted by atomic mass is 14.0. The molecule has 0 unspecified atom stereocenters. The molecule has 0 amide bonds. The van der Waals surface area contributed by atoms with Gasteiger partial charge < -0.3 is 0 Å². The Morgan fingerprint density at radius 3 is 2.07 bits per heavy atom. The number of allylic oxidation sites excluding steroid dienone is 5. The minimum Gasteiger partial charge on any atom is -0.0988 e. The van der Waals surface area contributed by atoms with Crippen molar-refractivity contribution in [1.82, 2.24) is 0 Å². The summed E-state index contributed by atoms with van der Waals surface area (Å²) >= 11 is 0. The van der Waals surface area contributed by atoms with Crippen LogP contribution in [0.15, 0.2) is 36.5 Å². The minimum atomic E-state index is 0.735. The summed E-state index contributed by atoms with van der Waals surface area (Å²) in [6, 6.07) is 0. The number of hydrogen-bond donors (Lipinski definition) is 0. The van der Waals surface area contributed by atoms with Gasteiger partial charge >= 0.3 is 0 Å². The Morgan fingerprint density at radius 1 is 1.21 bits per heavy atom. The van der Waals surface area contributed by atoms with Crippen LogP contribution in [-0.2, 0) is 0 Å². The Bertz CT molecular complexity index is 168. The second-order valence-electron chi connectivity index (χ2n) is 3.08. The highest BCUT2D eigenvalue weighted by Gasteiger charge is 1.94. The van der Waals surface area contributed by atoms with Gasteiger partial charge in [-0.2, -0.15) is 0 Å². The normalized spacial score (nSPS) is 11.4. The molecule has 0 spiro atoms. The topological polar surface area (TPSA) is 0 Å². The average Bonchev–Trinajstić information content (AvgIpc) is 2.27. The molecule has 82 valence electrons. The van der Waals surface area contributed by atoms with Crippen LogP contribution in [0.2, 0.25) is 0 Å². The molecule has 0 bridgehead atoms. The van der Waals surface area contributed by atoms with Crippen molar-refractivity contribution in [2.24, 2.45) is 5.92 Å². The highest BCUT2D eigenvalue weighted by Crippen LogP contribution is 2.09. The van der Waals surface area contributed by atoms with E-state index in [0.29, 0.717) is 0 Å². The monoisotopic (exact) mass is 194 g/mol. The molecule has 0 heterocycles. The van der Waals surface area contributed by atoms with E-state index in [9.17, 15) is 0 Å². The lowest BCUT2D eigenvalue weighted by molar-refractivity contribution is 0.606. The third-order valence-electron chi connectivity index (χ3n) is 2.11. The Kier molecular flexibility index (Phi) is 13.7. The molecule has 0 atom stereocenters. The van der Waals surface area contributed by atoms with Crippen molar-refractivity contribution >= 4 is 0 Å². The van der Waals surface area contributed by atoms with Gasteiger partial charge in [0.25, 0.3) is 0 Å². The molecular formula is C14H26. The molecule has 0 N–H and O–H groups in total. The maximum absolute atomic E-state index is 3.70.